The summed E-state index contributed by atoms with van der Waals surface area (Å²) in [6.45, 7) is 4.26. The summed E-state index contributed by atoms with van der Waals surface area (Å²) in [5, 5.41) is 10.5. The molecule has 20 heavy (non-hydrogen) atoms. The summed E-state index contributed by atoms with van der Waals surface area (Å²) < 4.78 is 0. The maximum Gasteiger partial charge on any atom is 0.304 e. The minimum atomic E-state index is -0.700. The molecule has 0 fully saturated rings. The van der Waals surface area contributed by atoms with E-state index in [1.807, 2.05) is 0 Å². The number of H-pyrrole nitrogens is 1. The van der Waals surface area contributed by atoms with E-state index >= 15 is 0 Å². The maximum atomic E-state index is 11.3. The molecule has 106 valence electrons. The van der Waals surface area contributed by atoms with Crippen LogP contribution in [0.1, 0.15) is 49.9 Å². The zero-order valence-corrected chi connectivity index (χ0v) is 12.1. The number of aromatic amines is 1. The van der Waals surface area contributed by atoms with Crippen LogP contribution < -0.4 is 0 Å². The van der Waals surface area contributed by atoms with E-state index in [1.54, 1.807) is 0 Å². The van der Waals surface area contributed by atoms with E-state index in [-0.39, 0.29) is 11.8 Å². The third kappa shape index (κ3) is 1.76. The molecule has 0 bridgehead atoms. The number of fused-ring (bicyclic) bond motifs is 3. The van der Waals surface area contributed by atoms with Gasteiger partial charge in [0.1, 0.15) is 0 Å². The second-order valence-electron chi connectivity index (χ2n) is 5.88. The third-order valence-electron chi connectivity index (χ3n) is 4.96. The number of benzene rings is 1. The van der Waals surface area contributed by atoms with Crippen LogP contribution in [-0.2, 0) is 23.1 Å². The Hall–Kier alpha value is -1.77. The van der Waals surface area contributed by atoms with Crippen molar-refractivity contribution >= 4 is 16.9 Å². The molecule has 2 N–H and O–H groups in total. The number of hydrogen-bond acceptors (Lipinski definition) is 1. The molecule has 0 amide bonds. The molecule has 2 aromatic rings. The average Bonchev–Trinajstić information content (AvgIpc) is 2.96. The van der Waals surface area contributed by atoms with Crippen LogP contribution in [0.2, 0.25) is 0 Å². The number of carboxylic acids is 1. The molecule has 0 saturated carbocycles. The number of para-hydroxylation sites is 1. The Bertz CT molecular complexity index is 671. The van der Waals surface area contributed by atoms with Gasteiger partial charge in [0.05, 0.1) is 6.42 Å². The van der Waals surface area contributed by atoms with Crippen molar-refractivity contribution < 1.29 is 9.90 Å². The Balaban J connectivity index is 2.20. The lowest BCUT2D eigenvalue weighted by atomic mass is 9.79. The molecule has 1 aromatic carbocycles. The topological polar surface area (TPSA) is 53.1 Å². The van der Waals surface area contributed by atoms with Crippen LogP contribution in [0.4, 0.5) is 0 Å². The highest BCUT2D eigenvalue weighted by molar-refractivity contribution is 5.89. The number of aromatic nitrogens is 1. The van der Waals surface area contributed by atoms with E-state index in [1.165, 1.54) is 27.7 Å². The smallest absolute Gasteiger partial charge is 0.304 e. The third-order valence-corrected chi connectivity index (χ3v) is 4.96. The van der Waals surface area contributed by atoms with E-state index in [2.05, 4.69) is 37.0 Å². The van der Waals surface area contributed by atoms with Gasteiger partial charge in [-0.1, -0.05) is 32.0 Å². The van der Waals surface area contributed by atoms with Gasteiger partial charge in [0.25, 0.3) is 0 Å². The molecule has 3 nitrogen and oxygen atoms in total. The van der Waals surface area contributed by atoms with Crippen LogP contribution in [0.5, 0.6) is 0 Å². The van der Waals surface area contributed by atoms with Crippen molar-refractivity contribution in [2.45, 2.75) is 51.4 Å². The average molecular weight is 271 g/mol. The molecule has 0 unspecified atom stereocenters. The minimum Gasteiger partial charge on any atom is -0.481 e. The second kappa shape index (κ2) is 4.65. The van der Waals surface area contributed by atoms with E-state index in [0.717, 1.165) is 25.7 Å². The van der Waals surface area contributed by atoms with E-state index in [9.17, 15) is 9.90 Å². The first-order valence-corrected chi connectivity index (χ1v) is 7.46. The quantitative estimate of drug-likeness (QED) is 0.888. The summed E-state index contributed by atoms with van der Waals surface area (Å²) in [6.07, 6.45) is 4.03. The fraction of sp³-hybridized carbons (Fsp3) is 0.471. The van der Waals surface area contributed by atoms with Crippen LogP contribution in [0.25, 0.3) is 10.9 Å². The van der Waals surface area contributed by atoms with Gasteiger partial charge >= 0.3 is 5.97 Å². The summed E-state index contributed by atoms with van der Waals surface area (Å²) in [5.74, 6) is -0.700. The van der Waals surface area contributed by atoms with Gasteiger partial charge in [-0.05, 0) is 36.8 Å². The number of aryl methyl sites for hydroxylation is 2. The highest BCUT2D eigenvalue weighted by atomic mass is 16.4. The standard InChI is InChI=1S/C17H21NO2/c1-3-11-6-5-7-12-13-8-9-17(4-2,10-14(19)20)16(13)18-15(11)12/h5-7,18H,3-4,8-10H2,1-2H3,(H,19,20)/t17-/m1/s1. The lowest BCUT2D eigenvalue weighted by Crippen LogP contribution is -2.26. The lowest BCUT2D eigenvalue weighted by Gasteiger charge is -2.26. The second-order valence-corrected chi connectivity index (χ2v) is 5.88. The number of nitrogens with one attached hydrogen (secondary N) is 1. The van der Waals surface area contributed by atoms with Crippen molar-refractivity contribution in [1.82, 2.24) is 4.98 Å². The van der Waals surface area contributed by atoms with E-state index in [4.69, 9.17) is 0 Å². The molecule has 3 rings (SSSR count). The molecule has 1 atom stereocenters. The summed E-state index contributed by atoms with van der Waals surface area (Å²) in [4.78, 5) is 14.8. The van der Waals surface area contributed by atoms with Crippen molar-refractivity contribution in [1.29, 1.82) is 0 Å². The predicted molar refractivity (Wildman–Crippen MR) is 80.2 cm³/mol. The first-order valence-electron chi connectivity index (χ1n) is 7.46. The number of carbonyl (C=O) groups is 1. The van der Waals surface area contributed by atoms with Gasteiger partial charge in [-0.25, -0.2) is 0 Å². The Morgan fingerprint density at radius 2 is 2.20 bits per heavy atom. The van der Waals surface area contributed by atoms with Crippen LogP contribution >= 0.6 is 0 Å². The number of hydrogen-bond donors (Lipinski definition) is 2. The number of rotatable bonds is 4. The molecule has 0 saturated heterocycles. The lowest BCUT2D eigenvalue weighted by molar-refractivity contribution is -0.138. The molecule has 1 heterocycles. The molecule has 1 aromatic heterocycles. The van der Waals surface area contributed by atoms with Crippen molar-refractivity contribution in [2.24, 2.45) is 0 Å². The van der Waals surface area contributed by atoms with Gasteiger partial charge in [-0.15, -0.1) is 0 Å². The highest BCUT2D eigenvalue weighted by Gasteiger charge is 2.41. The highest BCUT2D eigenvalue weighted by Crippen LogP contribution is 2.46. The Morgan fingerprint density at radius 1 is 1.40 bits per heavy atom. The van der Waals surface area contributed by atoms with E-state index in [0.29, 0.717) is 0 Å². The number of carboxylic acid groups (broad SMARTS) is 1. The molecule has 0 radical (unpaired) electrons. The fourth-order valence-corrected chi connectivity index (χ4v) is 3.78. The van der Waals surface area contributed by atoms with Crippen molar-refractivity contribution in [3.05, 3.63) is 35.0 Å². The normalized spacial score (nSPS) is 21.3. The summed E-state index contributed by atoms with van der Waals surface area (Å²) in [6, 6.07) is 6.42. The molecule has 1 aliphatic carbocycles. The van der Waals surface area contributed by atoms with E-state index < -0.39 is 5.97 Å². The fourth-order valence-electron chi connectivity index (χ4n) is 3.78. The van der Waals surface area contributed by atoms with Crippen LogP contribution in [0.3, 0.4) is 0 Å². The Morgan fingerprint density at radius 3 is 2.85 bits per heavy atom. The Labute approximate surface area is 119 Å². The SMILES string of the molecule is CCc1cccc2c3c([nH]c12)[C@@](CC)(CC(=O)O)CC3. The maximum absolute atomic E-state index is 11.3. The molecule has 0 aliphatic heterocycles. The van der Waals surface area contributed by atoms with Gasteiger partial charge < -0.3 is 10.1 Å². The van der Waals surface area contributed by atoms with Gasteiger partial charge in [-0.2, -0.15) is 0 Å². The largest absolute Gasteiger partial charge is 0.481 e. The molecule has 3 heteroatoms. The van der Waals surface area contributed by atoms with Gasteiger partial charge in [0.15, 0.2) is 0 Å². The van der Waals surface area contributed by atoms with Gasteiger partial charge in [0.2, 0.25) is 0 Å². The number of aliphatic carboxylic acids is 1. The van der Waals surface area contributed by atoms with Crippen molar-refractivity contribution in [3.8, 4) is 0 Å². The van der Waals surface area contributed by atoms with Crippen molar-refractivity contribution in [2.75, 3.05) is 0 Å². The molecular weight excluding hydrogens is 250 g/mol. The summed E-state index contributed by atoms with van der Waals surface area (Å²) in [5.41, 5.74) is 4.85. The van der Waals surface area contributed by atoms with Crippen LogP contribution in [-0.4, -0.2) is 16.1 Å². The first kappa shape index (κ1) is 13.2. The molecule has 0 spiro atoms. The Kier molecular flexibility index (Phi) is 3.08. The molecular formula is C17H21NO2. The zero-order valence-electron chi connectivity index (χ0n) is 12.1. The van der Waals surface area contributed by atoms with Gasteiger partial charge in [-0.3, -0.25) is 4.79 Å². The minimum absolute atomic E-state index is 0.203. The molecule has 1 aliphatic rings. The zero-order chi connectivity index (χ0) is 14.3. The van der Waals surface area contributed by atoms with Crippen LogP contribution in [0, 0.1) is 0 Å². The van der Waals surface area contributed by atoms with Gasteiger partial charge in [0, 0.05) is 22.0 Å². The monoisotopic (exact) mass is 271 g/mol. The predicted octanol–water partition coefficient (Wildman–Crippen LogP) is 3.80. The summed E-state index contributed by atoms with van der Waals surface area (Å²) in [7, 11) is 0. The van der Waals surface area contributed by atoms with Crippen LogP contribution in [0.15, 0.2) is 18.2 Å². The first-order chi connectivity index (χ1) is 9.61. The van der Waals surface area contributed by atoms with Crippen molar-refractivity contribution in [3.63, 3.8) is 0 Å². The summed E-state index contributed by atoms with van der Waals surface area (Å²) >= 11 is 0.